The van der Waals surface area contributed by atoms with Crippen molar-refractivity contribution in [2.24, 2.45) is 0 Å². The molecule has 0 aromatic heterocycles. The van der Waals surface area contributed by atoms with Crippen LogP contribution in [-0.2, 0) is 4.74 Å². The highest BCUT2D eigenvalue weighted by Crippen LogP contribution is 2.27. The van der Waals surface area contributed by atoms with Crippen molar-refractivity contribution in [2.75, 3.05) is 40.0 Å². The number of methoxy groups -OCH3 is 1. The molecule has 6 nitrogen and oxygen atoms in total. The highest BCUT2D eigenvalue weighted by atomic mass is 16.5. The Morgan fingerprint density at radius 1 is 1.16 bits per heavy atom. The van der Waals surface area contributed by atoms with Crippen LogP contribution in [0.15, 0.2) is 48.5 Å². The van der Waals surface area contributed by atoms with Gasteiger partial charge in [0.25, 0.3) is 5.91 Å². The van der Waals surface area contributed by atoms with E-state index < -0.39 is 0 Å². The van der Waals surface area contributed by atoms with E-state index in [0.717, 1.165) is 43.9 Å². The van der Waals surface area contributed by atoms with Crippen LogP contribution in [0.5, 0.6) is 11.5 Å². The monoisotopic (exact) mass is 424 g/mol. The van der Waals surface area contributed by atoms with Crippen molar-refractivity contribution in [2.45, 2.75) is 37.8 Å². The van der Waals surface area contributed by atoms with E-state index in [2.05, 4.69) is 22.3 Å². The van der Waals surface area contributed by atoms with Crippen molar-refractivity contribution >= 4 is 5.91 Å². The third-order valence-corrected chi connectivity index (χ3v) is 6.10. The SMILES string of the molecule is COc1cccc(C(CNC(=O)c2ccccc2OCC2CCCO2)N2CCCC2)c1. The number of carbonyl (C=O) groups is 1. The fourth-order valence-electron chi connectivity index (χ4n) is 4.38. The topological polar surface area (TPSA) is 60.0 Å². The van der Waals surface area contributed by atoms with Crippen molar-refractivity contribution in [1.29, 1.82) is 0 Å². The summed E-state index contributed by atoms with van der Waals surface area (Å²) in [6.07, 6.45) is 4.57. The maximum absolute atomic E-state index is 13.1. The first-order valence-corrected chi connectivity index (χ1v) is 11.2. The van der Waals surface area contributed by atoms with Crippen molar-refractivity contribution < 1.29 is 19.0 Å². The van der Waals surface area contributed by atoms with E-state index in [0.29, 0.717) is 24.5 Å². The second kappa shape index (κ2) is 10.6. The summed E-state index contributed by atoms with van der Waals surface area (Å²) in [6, 6.07) is 15.7. The number of hydrogen-bond acceptors (Lipinski definition) is 5. The lowest BCUT2D eigenvalue weighted by atomic mass is 10.0. The Morgan fingerprint density at radius 3 is 2.77 bits per heavy atom. The highest BCUT2D eigenvalue weighted by Gasteiger charge is 2.25. The van der Waals surface area contributed by atoms with E-state index in [-0.39, 0.29) is 18.1 Å². The molecule has 1 amide bonds. The molecule has 2 aromatic rings. The van der Waals surface area contributed by atoms with Crippen LogP contribution >= 0.6 is 0 Å². The molecule has 0 bridgehead atoms. The second-order valence-electron chi connectivity index (χ2n) is 8.19. The van der Waals surface area contributed by atoms with Gasteiger partial charge in [-0.2, -0.15) is 0 Å². The molecule has 0 saturated carbocycles. The number of carbonyl (C=O) groups excluding carboxylic acids is 1. The first-order valence-electron chi connectivity index (χ1n) is 11.2. The van der Waals surface area contributed by atoms with Gasteiger partial charge in [0, 0.05) is 13.2 Å². The Kier molecular flexibility index (Phi) is 7.43. The van der Waals surface area contributed by atoms with Crippen LogP contribution in [0.3, 0.4) is 0 Å². The summed E-state index contributed by atoms with van der Waals surface area (Å²) in [5.41, 5.74) is 1.72. The maximum atomic E-state index is 13.1. The molecule has 1 N–H and O–H groups in total. The number of nitrogens with one attached hydrogen (secondary N) is 1. The minimum atomic E-state index is -0.116. The molecule has 0 radical (unpaired) electrons. The van der Waals surface area contributed by atoms with Crippen LogP contribution < -0.4 is 14.8 Å². The molecule has 2 aromatic carbocycles. The van der Waals surface area contributed by atoms with Crippen LogP contribution in [-0.4, -0.2) is 56.9 Å². The fraction of sp³-hybridized carbons (Fsp3) is 0.480. The molecule has 2 aliphatic rings. The number of benzene rings is 2. The molecule has 2 heterocycles. The van der Waals surface area contributed by atoms with Gasteiger partial charge in [-0.25, -0.2) is 0 Å². The molecular weight excluding hydrogens is 392 g/mol. The van der Waals surface area contributed by atoms with Crippen LogP contribution in [0.2, 0.25) is 0 Å². The van der Waals surface area contributed by atoms with Gasteiger partial charge in [-0.05, 0) is 68.6 Å². The molecule has 4 rings (SSSR count). The van der Waals surface area contributed by atoms with Gasteiger partial charge in [-0.1, -0.05) is 24.3 Å². The minimum absolute atomic E-state index is 0.113. The van der Waals surface area contributed by atoms with Gasteiger partial charge in [-0.3, -0.25) is 9.69 Å². The van der Waals surface area contributed by atoms with Crippen molar-refractivity contribution in [1.82, 2.24) is 10.2 Å². The lowest BCUT2D eigenvalue weighted by Crippen LogP contribution is -2.37. The molecule has 0 aliphatic carbocycles. The molecule has 166 valence electrons. The molecule has 2 aliphatic heterocycles. The zero-order chi connectivity index (χ0) is 21.5. The van der Waals surface area contributed by atoms with E-state index in [1.807, 2.05) is 36.4 Å². The summed E-state index contributed by atoms with van der Waals surface area (Å²) in [6.45, 7) is 3.88. The molecule has 2 fully saturated rings. The maximum Gasteiger partial charge on any atom is 0.255 e. The third-order valence-electron chi connectivity index (χ3n) is 6.10. The number of ether oxygens (including phenoxy) is 3. The lowest BCUT2D eigenvalue weighted by molar-refractivity contribution is 0.0670. The Hall–Kier alpha value is -2.57. The van der Waals surface area contributed by atoms with Gasteiger partial charge >= 0.3 is 0 Å². The summed E-state index contributed by atoms with van der Waals surface area (Å²) >= 11 is 0. The second-order valence-corrected chi connectivity index (χ2v) is 8.19. The number of amides is 1. The smallest absolute Gasteiger partial charge is 0.255 e. The predicted molar refractivity (Wildman–Crippen MR) is 120 cm³/mol. The zero-order valence-electron chi connectivity index (χ0n) is 18.2. The summed E-state index contributed by atoms with van der Waals surface area (Å²) in [4.78, 5) is 15.5. The molecule has 2 atom stereocenters. The molecule has 2 unspecified atom stereocenters. The third kappa shape index (κ3) is 5.57. The van der Waals surface area contributed by atoms with E-state index in [9.17, 15) is 4.79 Å². The number of likely N-dealkylation sites (tertiary alicyclic amines) is 1. The summed E-state index contributed by atoms with van der Waals surface area (Å²) in [5.74, 6) is 1.32. The first kappa shape index (κ1) is 21.7. The Morgan fingerprint density at radius 2 is 2.00 bits per heavy atom. The highest BCUT2D eigenvalue weighted by molar-refractivity contribution is 5.96. The Bertz CT molecular complexity index is 860. The van der Waals surface area contributed by atoms with Crippen LogP contribution in [0.1, 0.15) is 47.6 Å². The van der Waals surface area contributed by atoms with E-state index >= 15 is 0 Å². The van der Waals surface area contributed by atoms with Crippen LogP contribution in [0.25, 0.3) is 0 Å². The van der Waals surface area contributed by atoms with E-state index in [1.54, 1.807) is 7.11 Å². The van der Waals surface area contributed by atoms with Crippen molar-refractivity contribution in [3.05, 3.63) is 59.7 Å². The predicted octanol–water partition coefficient (Wildman–Crippen LogP) is 3.82. The van der Waals surface area contributed by atoms with E-state index in [1.165, 1.54) is 12.8 Å². The molecule has 2 saturated heterocycles. The first-order chi connectivity index (χ1) is 15.2. The number of hydrogen-bond donors (Lipinski definition) is 1. The van der Waals surface area contributed by atoms with E-state index in [4.69, 9.17) is 14.2 Å². The molecule has 6 heteroatoms. The van der Waals surface area contributed by atoms with Gasteiger partial charge in [0.05, 0.1) is 24.8 Å². The standard InChI is InChI=1S/C25H32N2O4/c1-29-20-9-6-8-19(16-20)23(27-13-4-5-14-27)17-26-25(28)22-11-2-3-12-24(22)31-18-21-10-7-15-30-21/h2-3,6,8-9,11-12,16,21,23H,4-5,7,10,13-15,17-18H2,1H3,(H,26,28). The fourth-order valence-corrected chi connectivity index (χ4v) is 4.38. The van der Waals surface area contributed by atoms with Gasteiger partial charge in [-0.15, -0.1) is 0 Å². The van der Waals surface area contributed by atoms with Crippen molar-refractivity contribution in [3.8, 4) is 11.5 Å². The Labute approximate surface area is 184 Å². The quantitative estimate of drug-likeness (QED) is 0.663. The summed E-state index contributed by atoms with van der Waals surface area (Å²) in [7, 11) is 1.68. The van der Waals surface area contributed by atoms with Gasteiger partial charge < -0.3 is 19.5 Å². The van der Waals surface area contributed by atoms with Crippen molar-refractivity contribution in [3.63, 3.8) is 0 Å². The largest absolute Gasteiger partial charge is 0.497 e. The molecule has 0 spiro atoms. The minimum Gasteiger partial charge on any atom is -0.497 e. The number of nitrogens with zero attached hydrogens (tertiary/aromatic N) is 1. The van der Waals surface area contributed by atoms with Gasteiger partial charge in [0.15, 0.2) is 0 Å². The molecule has 31 heavy (non-hydrogen) atoms. The molecular formula is C25H32N2O4. The Balaban J connectivity index is 1.44. The summed E-state index contributed by atoms with van der Waals surface area (Å²) in [5, 5.41) is 3.15. The van der Waals surface area contributed by atoms with Gasteiger partial charge in [0.2, 0.25) is 0 Å². The lowest BCUT2D eigenvalue weighted by Gasteiger charge is -2.28. The van der Waals surface area contributed by atoms with Crippen LogP contribution in [0.4, 0.5) is 0 Å². The average molecular weight is 425 g/mol. The number of rotatable bonds is 9. The van der Waals surface area contributed by atoms with Crippen LogP contribution in [0, 0.1) is 0 Å². The van der Waals surface area contributed by atoms with Gasteiger partial charge in [0.1, 0.15) is 18.1 Å². The normalized spacial score (nSPS) is 19.8. The zero-order valence-corrected chi connectivity index (χ0v) is 18.2. The summed E-state index contributed by atoms with van der Waals surface area (Å²) < 4.78 is 17.0. The average Bonchev–Trinajstić information content (AvgIpc) is 3.53. The number of para-hydroxylation sites is 1.